The Labute approximate surface area is 103 Å². The number of hydrogen-bond acceptors (Lipinski definition) is 2. The van der Waals surface area contributed by atoms with Crippen molar-refractivity contribution in [3.05, 3.63) is 0 Å². The van der Waals surface area contributed by atoms with Gasteiger partial charge in [0.2, 0.25) is 5.91 Å². The van der Waals surface area contributed by atoms with Gasteiger partial charge in [-0.2, -0.15) is 0 Å². The number of rotatable bonds is 3. The number of hydrogen-bond donors (Lipinski definition) is 1. The monoisotopic (exact) mass is 254 g/mol. The van der Waals surface area contributed by atoms with Crippen LogP contribution < -0.4 is 5.32 Å². The molecule has 0 saturated heterocycles. The summed E-state index contributed by atoms with van der Waals surface area (Å²) in [6.07, 6.45) is 5.10. The van der Waals surface area contributed by atoms with Crippen LogP contribution >= 0.6 is 24.0 Å². The molecule has 0 heterocycles. The largest absolute Gasteiger partial charge is 0.342 e. The normalized spacial score (nSPS) is 18.3. The van der Waals surface area contributed by atoms with Crippen molar-refractivity contribution in [1.29, 1.82) is 0 Å². The lowest BCUT2D eigenvalue weighted by Crippen LogP contribution is -2.29. The predicted octanol–water partition coefficient (Wildman–Crippen LogP) is 1.64. The Hall–Kier alpha value is 0.01000. The highest BCUT2D eigenvalue weighted by Crippen LogP contribution is 2.25. The number of halogens is 2. The van der Waals surface area contributed by atoms with Gasteiger partial charge in [-0.3, -0.25) is 4.79 Å². The summed E-state index contributed by atoms with van der Waals surface area (Å²) in [4.78, 5) is 12.5. The van der Waals surface area contributed by atoms with Gasteiger partial charge in [0.25, 0.3) is 0 Å². The molecule has 1 N–H and O–H groups in total. The fraction of sp³-hybridized carbons (Fsp3) is 0.900. The summed E-state index contributed by atoms with van der Waals surface area (Å²) in [5.74, 6) is 0.159. The van der Waals surface area contributed by atoms with E-state index in [0.717, 1.165) is 18.9 Å². The van der Waals surface area contributed by atoms with Crippen LogP contribution in [0.1, 0.15) is 25.7 Å². The van der Waals surface area contributed by atoms with E-state index in [9.17, 15) is 4.79 Å². The lowest BCUT2D eigenvalue weighted by Gasteiger charge is -2.13. The molecule has 0 aromatic rings. The topological polar surface area (TPSA) is 32.3 Å². The summed E-state index contributed by atoms with van der Waals surface area (Å²) in [5.41, 5.74) is 0. The summed E-state index contributed by atoms with van der Waals surface area (Å²) in [5, 5.41) is 3.14. The second-order valence-corrected chi connectivity index (χ2v) is 4.20. The van der Waals surface area contributed by atoms with Crippen LogP contribution in [0.4, 0.5) is 0 Å². The van der Waals surface area contributed by atoms with Gasteiger partial charge in [0.1, 0.15) is 5.88 Å². The predicted molar refractivity (Wildman–Crippen MR) is 65.8 cm³/mol. The summed E-state index contributed by atoms with van der Waals surface area (Å²) >= 11 is 5.33. The van der Waals surface area contributed by atoms with E-state index < -0.39 is 0 Å². The molecule has 0 bridgehead atoms. The zero-order chi connectivity index (χ0) is 10.6. The van der Waals surface area contributed by atoms with E-state index in [1.54, 1.807) is 4.90 Å². The fourth-order valence-corrected chi connectivity index (χ4v) is 1.32. The molecule has 2 fully saturated rings. The molecule has 2 rings (SSSR count). The van der Waals surface area contributed by atoms with Gasteiger partial charge in [0, 0.05) is 19.1 Å². The minimum atomic E-state index is 0. The Morgan fingerprint density at radius 3 is 2.13 bits per heavy atom. The third-order valence-electron chi connectivity index (χ3n) is 2.59. The van der Waals surface area contributed by atoms with Gasteiger partial charge in [-0.05, 0) is 32.7 Å². The van der Waals surface area contributed by atoms with Gasteiger partial charge in [0.15, 0.2) is 0 Å². The third kappa shape index (κ3) is 6.23. The number of nitrogens with zero attached hydrogens (tertiary/aromatic N) is 1. The van der Waals surface area contributed by atoms with E-state index in [0.29, 0.717) is 6.04 Å². The van der Waals surface area contributed by atoms with Crippen LogP contribution in [0.2, 0.25) is 0 Å². The first kappa shape index (κ1) is 15.0. The molecule has 0 spiro atoms. The molecule has 0 aliphatic heterocycles. The summed E-state index contributed by atoms with van der Waals surface area (Å²) in [6, 6.07) is 1.38. The number of carbonyl (C=O) groups excluding carboxylic acids is 1. The molecule has 0 aromatic heterocycles. The van der Waals surface area contributed by atoms with Gasteiger partial charge < -0.3 is 10.2 Å². The van der Waals surface area contributed by atoms with Crippen LogP contribution in [0.3, 0.4) is 0 Å². The molecule has 0 radical (unpaired) electrons. The zero-order valence-electron chi connectivity index (χ0n) is 9.33. The minimum absolute atomic E-state index is 0. The van der Waals surface area contributed by atoms with Crippen molar-refractivity contribution in [3.8, 4) is 0 Å². The molecule has 1 amide bonds. The smallest absolute Gasteiger partial charge is 0.237 e. The van der Waals surface area contributed by atoms with Crippen molar-refractivity contribution in [2.45, 2.75) is 37.8 Å². The van der Waals surface area contributed by atoms with E-state index >= 15 is 0 Å². The lowest BCUT2D eigenvalue weighted by atomic mass is 10.5. The van der Waals surface area contributed by atoms with Crippen LogP contribution in [-0.4, -0.2) is 42.9 Å². The van der Waals surface area contributed by atoms with Gasteiger partial charge >= 0.3 is 0 Å². The van der Waals surface area contributed by atoms with E-state index in [1.807, 2.05) is 14.1 Å². The first-order valence-electron chi connectivity index (χ1n) is 5.18. The third-order valence-corrected chi connectivity index (χ3v) is 2.82. The average Bonchev–Trinajstić information content (AvgIpc) is 3.09. The van der Waals surface area contributed by atoms with E-state index in [4.69, 9.17) is 11.6 Å². The van der Waals surface area contributed by atoms with E-state index in [1.165, 1.54) is 12.8 Å². The standard InChI is InChI=1S/C6H10ClNO.C4H9N.ClH/c1-8(5-2-3-5)6(9)4-7;1-5-4-2-3-4;/h5H,2-4H2,1H3;4-5H,2-3H2,1H3;1H. The van der Waals surface area contributed by atoms with Crippen LogP contribution in [-0.2, 0) is 4.79 Å². The average molecular weight is 255 g/mol. The van der Waals surface area contributed by atoms with Crippen molar-refractivity contribution in [3.63, 3.8) is 0 Å². The molecule has 90 valence electrons. The molecule has 2 saturated carbocycles. The minimum Gasteiger partial charge on any atom is -0.342 e. The molecule has 0 unspecified atom stereocenters. The highest BCUT2D eigenvalue weighted by Gasteiger charge is 2.28. The maximum absolute atomic E-state index is 10.8. The van der Waals surface area contributed by atoms with Gasteiger partial charge in [-0.1, -0.05) is 0 Å². The number of carbonyl (C=O) groups is 1. The lowest BCUT2D eigenvalue weighted by molar-refractivity contribution is -0.127. The van der Waals surface area contributed by atoms with E-state index in [-0.39, 0.29) is 24.2 Å². The molecular weight excluding hydrogens is 235 g/mol. The highest BCUT2D eigenvalue weighted by atomic mass is 35.5. The Balaban J connectivity index is 0.000000280. The van der Waals surface area contributed by atoms with Gasteiger partial charge in [0.05, 0.1) is 0 Å². The Morgan fingerprint density at radius 2 is 1.93 bits per heavy atom. The van der Waals surface area contributed by atoms with Gasteiger partial charge in [-0.15, -0.1) is 24.0 Å². The van der Waals surface area contributed by atoms with Gasteiger partial charge in [-0.25, -0.2) is 0 Å². The Bertz CT molecular complexity index is 194. The molecular formula is C10H20Cl2N2O. The maximum atomic E-state index is 10.8. The number of amides is 1. The first-order valence-corrected chi connectivity index (χ1v) is 5.71. The summed E-state index contributed by atoms with van der Waals surface area (Å²) < 4.78 is 0. The van der Waals surface area contributed by atoms with Crippen LogP contribution in [0.25, 0.3) is 0 Å². The van der Waals surface area contributed by atoms with Crippen molar-refractivity contribution < 1.29 is 4.79 Å². The van der Waals surface area contributed by atoms with Crippen molar-refractivity contribution >= 4 is 29.9 Å². The summed E-state index contributed by atoms with van der Waals surface area (Å²) in [6.45, 7) is 0. The van der Waals surface area contributed by atoms with Crippen molar-refractivity contribution in [1.82, 2.24) is 10.2 Å². The number of nitrogens with one attached hydrogen (secondary N) is 1. The molecule has 3 nitrogen and oxygen atoms in total. The molecule has 15 heavy (non-hydrogen) atoms. The molecule has 0 atom stereocenters. The Morgan fingerprint density at radius 1 is 1.40 bits per heavy atom. The quantitative estimate of drug-likeness (QED) is 0.777. The second kappa shape index (κ2) is 7.31. The SMILES string of the molecule is CN(C(=O)CCl)C1CC1.CNC1CC1.Cl. The Kier molecular flexibility index (Phi) is 7.32. The fourth-order valence-electron chi connectivity index (χ4n) is 1.13. The zero-order valence-corrected chi connectivity index (χ0v) is 10.9. The van der Waals surface area contributed by atoms with Crippen LogP contribution in [0.5, 0.6) is 0 Å². The highest BCUT2D eigenvalue weighted by molar-refractivity contribution is 6.27. The summed E-state index contributed by atoms with van der Waals surface area (Å²) in [7, 11) is 3.82. The molecule has 5 heteroatoms. The van der Waals surface area contributed by atoms with E-state index in [2.05, 4.69) is 5.32 Å². The first-order chi connectivity index (χ1) is 6.69. The van der Waals surface area contributed by atoms with Crippen molar-refractivity contribution in [2.24, 2.45) is 0 Å². The van der Waals surface area contributed by atoms with Crippen LogP contribution in [0.15, 0.2) is 0 Å². The molecule has 0 aromatic carbocycles. The molecule has 2 aliphatic carbocycles. The maximum Gasteiger partial charge on any atom is 0.237 e. The number of alkyl halides is 1. The second-order valence-electron chi connectivity index (χ2n) is 3.93. The van der Waals surface area contributed by atoms with Crippen LogP contribution in [0, 0.1) is 0 Å². The van der Waals surface area contributed by atoms with Crippen molar-refractivity contribution in [2.75, 3.05) is 20.0 Å². The molecule has 2 aliphatic rings.